The number of rotatable bonds is 12. The van der Waals surface area contributed by atoms with Gasteiger partial charge in [-0.3, -0.25) is 0 Å². The Kier molecular flexibility index (Phi) is 9.92. The van der Waals surface area contributed by atoms with Gasteiger partial charge in [-0.15, -0.1) is 0 Å². The molecule has 1 aliphatic rings. The fourth-order valence-corrected chi connectivity index (χ4v) is 5.02. The van der Waals surface area contributed by atoms with E-state index in [4.69, 9.17) is 0 Å². The maximum atomic E-state index is 2.43. The predicted molar refractivity (Wildman–Crippen MR) is 123 cm³/mol. The van der Waals surface area contributed by atoms with Gasteiger partial charge < -0.3 is 21.5 Å². The fraction of sp³-hybridized carbons (Fsp3) is 0.556. The van der Waals surface area contributed by atoms with E-state index in [-0.39, 0.29) is 17.0 Å². The number of fused-ring (bicyclic) bond motifs is 3. The molecule has 2 heteroatoms. The maximum Gasteiger partial charge on any atom is 0.141 e. The first kappa shape index (κ1) is 24.2. The second kappa shape index (κ2) is 11.9. The normalized spacial score (nSPS) is 13.1. The molecule has 0 unspecified atom stereocenters. The van der Waals surface area contributed by atoms with Crippen molar-refractivity contribution in [3.05, 3.63) is 59.7 Å². The number of halogens is 1. The van der Waals surface area contributed by atoms with Crippen LogP contribution < -0.4 is 17.0 Å². The average molecular weight is 459 g/mol. The zero-order chi connectivity index (χ0) is 19.8. The highest BCUT2D eigenvalue weighted by atomic mass is 79.9. The minimum Gasteiger partial charge on any atom is -1.00 e. The van der Waals surface area contributed by atoms with Crippen LogP contribution in [0.2, 0.25) is 0 Å². The molecule has 0 saturated carbocycles. The molecule has 2 aromatic rings. The Bertz CT molecular complexity index is 691. The topological polar surface area (TPSA) is 0 Å². The first-order valence-corrected chi connectivity index (χ1v) is 11.7. The summed E-state index contributed by atoms with van der Waals surface area (Å²) in [5.74, 6) is 0. The second-order valence-corrected chi connectivity index (χ2v) is 9.26. The summed E-state index contributed by atoms with van der Waals surface area (Å²) >= 11 is 0. The molecule has 160 valence electrons. The Balaban J connectivity index is 0.00000300. The van der Waals surface area contributed by atoms with Crippen molar-refractivity contribution >= 4 is 0 Å². The Hall–Kier alpha value is -1.12. The number of benzene rings is 2. The van der Waals surface area contributed by atoms with Crippen LogP contribution in [0.4, 0.5) is 0 Å². The third-order valence-corrected chi connectivity index (χ3v) is 6.59. The van der Waals surface area contributed by atoms with Crippen LogP contribution in [0.3, 0.4) is 0 Å². The lowest BCUT2D eigenvalue weighted by Gasteiger charge is -2.37. The highest BCUT2D eigenvalue weighted by molar-refractivity contribution is 5.77. The zero-order valence-electron chi connectivity index (χ0n) is 18.8. The third-order valence-electron chi connectivity index (χ3n) is 6.59. The van der Waals surface area contributed by atoms with Gasteiger partial charge in [0.25, 0.3) is 0 Å². The van der Waals surface area contributed by atoms with Crippen molar-refractivity contribution in [3.63, 3.8) is 0 Å². The molecule has 1 aliphatic carbocycles. The van der Waals surface area contributed by atoms with E-state index in [0.29, 0.717) is 6.04 Å². The SMILES string of the molecule is CCCCCCCCCCCC[N+](C)(C)C1c2ccccc2-c2ccccc21.[Br-]. The molecule has 0 spiro atoms. The van der Waals surface area contributed by atoms with Gasteiger partial charge in [0.1, 0.15) is 6.04 Å². The lowest BCUT2D eigenvalue weighted by molar-refractivity contribution is -0.915. The van der Waals surface area contributed by atoms with Crippen molar-refractivity contribution < 1.29 is 21.5 Å². The monoisotopic (exact) mass is 457 g/mol. The highest BCUT2D eigenvalue weighted by Gasteiger charge is 2.39. The Labute approximate surface area is 189 Å². The average Bonchev–Trinajstić information content (AvgIpc) is 3.05. The van der Waals surface area contributed by atoms with E-state index < -0.39 is 0 Å². The van der Waals surface area contributed by atoms with E-state index in [1.54, 1.807) is 0 Å². The molecule has 1 nitrogen and oxygen atoms in total. The molecule has 0 radical (unpaired) electrons. The summed E-state index contributed by atoms with van der Waals surface area (Å²) < 4.78 is 1.06. The summed E-state index contributed by atoms with van der Waals surface area (Å²) in [6, 6.07) is 18.5. The molecular formula is C27H40BrN. The van der Waals surface area contributed by atoms with Crippen LogP contribution in [0.25, 0.3) is 11.1 Å². The molecule has 0 aliphatic heterocycles. The lowest BCUT2D eigenvalue weighted by Crippen LogP contribution is -3.00. The largest absolute Gasteiger partial charge is 1.00 e. The van der Waals surface area contributed by atoms with E-state index in [1.807, 2.05) is 0 Å². The lowest BCUT2D eigenvalue weighted by atomic mass is 10.0. The Morgan fingerprint density at radius 3 is 1.52 bits per heavy atom. The van der Waals surface area contributed by atoms with Crippen molar-refractivity contribution in [3.8, 4) is 11.1 Å². The van der Waals surface area contributed by atoms with Gasteiger partial charge in [0.05, 0.1) is 20.6 Å². The summed E-state index contributed by atoms with van der Waals surface area (Å²) in [5.41, 5.74) is 5.91. The molecule has 0 atom stereocenters. The van der Waals surface area contributed by atoms with Gasteiger partial charge in [-0.05, 0) is 24.0 Å². The molecule has 0 amide bonds. The van der Waals surface area contributed by atoms with Gasteiger partial charge in [-0.2, -0.15) is 0 Å². The van der Waals surface area contributed by atoms with E-state index in [9.17, 15) is 0 Å². The summed E-state index contributed by atoms with van der Waals surface area (Å²) in [4.78, 5) is 0. The van der Waals surface area contributed by atoms with Crippen LogP contribution in [-0.4, -0.2) is 25.1 Å². The molecule has 29 heavy (non-hydrogen) atoms. The summed E-state index contributed by atoms with van der Waals surface area (Å²) in [5, 5.41) is 0. The standard InChI is InChI=1S/C27H40N.BrH/c1-4-5-6-7-8-9-10-11-12-17-22-28(2,3)27-25-20-15-13-18-23(25)24-19-14-16-21-26(24)27;/h13-16,18-21,27H,4-12,17,22H2,1-3H3;1H/q+1;/p-1. The second-order valence-electron chi connectivity index (χ2n) is 9.26. The van der Waals surface area contributed by atoms with Crippen LogP contribution in [0.5, 0.6) is 0 Å². The van der Waals surface area contributed by atoms with Gasteiger partial charge >= 0.3 is 0 Å². The van der Waals surface area contributed by atoms with E-state index >= 15 is 0 Å². The molecule has 0 N–H and O–H groups in total. The van der Waals surface area contributed by atoms with Gasteiger partial charge in [0, 0.05) is 11.1 Å². The fourth-order valence-electron chi connectivity index (χ4n) is 5.02. The first-order valence-electron chi connectivity index (χ1n) is 11.7. The van der Waals surface area contributed by atoms with Crippen molar-refractivity contribution in [2.75, 3.05) is 20.6 Å². The highest BCUT2D eigenvalue weighted by Crippen LogP contribution is 2.47. The Morgan fingerprint density at radius 1 is 0.621 bits per heavy atom. The smallest absolute Gasteiger partial charge is 0.141 e. The van der Waals surface area contributed by atoms with Crippen molar-refractivity contribution in [1.29, 1.82) is 0 Å². The molecular weight excluding hydrogens is 418 g/mol. The van der Waals surface area contributed by atoms with Crippen LogP contribution in [0.15, 0.2) is 48.5 Å². The molecule has 0 saturated heterocycles. The summed E-state index contributed by atoms with van der Waals surface area (Å²) in [6.45, 7) is 3.55. The summed E-state index contributed by atoms with van der Waals surface area (Å²) in [7, 11) is 4.86. The quantitative estimate of drug-likeness (QED) is 0.318. The third kappa shape index (κ3) is 6.18. The van der Waals surface area contributed by atoms with Gasteiger partial charge in [-0.1, -0.05) is 107 Å². The van der Waals surface area contributed by atoms with Gasteiger partial charge in [0.15, 0.2) is 0 Å². The first-order chi connectivity index (χ1) is 13.6. The van der Waals surface area contributed by atoms with Crippen molar-refractivity contribution in [2.45, 2.75) is 77.2 Å². The minimum absolute atomic E-state index is 0. The molecule has 3 rings (SSSR count). The van der Waals surface area contributed by atoms with E-state index in [1.165, 1.54) is 93.0 Å². The number of hydrogen-bond acceptors (Lipinski definition) is 0. The van der Waals surface area contributed by atoms with E-state index in [2.05, 4.69) is 69.6 Å². The predicted octanol–water partition coefficient (Wildman–Crippen LogP) is 4.76. The van der Waals surface area contributed by atoms with Crippen molar-refractivity contribution in [1.82, 2.24) is 0 Å². The van der Waals surface area contributed by atoms with Crippen molar-refractivity contribution in [2.24, 2.45) is 0 Å². The molecule has 2 aromatic carbocycles. The molecule has 0 aromatic heterocycles. The van der Waals surface area contributed by atoms with Crippen LogP contribution in [0, 0.1) is 0 Å². The molecule has 0 fully saturated rings. The van der Waals surface area contributed by atoms with Gasteiger partial charge in [0.2, 0.25) is 0 Å². The number of nitrogens with zero attached hydrogens (tertiary/aromatic N) is 1. The molecule has 0 heterocycles. The van der Waals surface area contributed by atoms with E-state index in [0.717, 1.165) is 4.48 Å². The molecule has 0 bridgehead atoms. The summed E-state index contributed by atoms with van der Waals surface area (Å²) in [6.07, 6.45) is 14.1. The maximum absolute atomic E-state index is 2.43. The van der Waals surface area contributed by atoms with Crippen LogP contribution in [-0.2, 0) is 0 Å². The number of hydrogen-bond donors (Lipinski definition) is 0. The van der Waals surface area contributed by atoms with Crippen LogP contribution in [0.1, 0.15) is 88.3 Å². The van der Waals surface area contributed by atoms with Gasteiger partial charge in [-0.25, -0.2) is 0 Å². The Morgan fingerprint density at radius 2 is 1.03 bits per heavy atom. The minimum atomic E-state index is 0. The number of quaternary nitrogens is 1. The van der Waals surface area contributed by atoms with Crippen LogP contribution >= 0.6 is 0 Å². The number of unbranched alkanes of at least 4 members (excludes halogenated alkanes) is 9. The zero-order valence-corrected chi connectivity index (χ0v) is 20.4.